The van der Waals surface area contributed by atoms with E-state index in [4.69, 9.17) is 4.74 Å². The van der Waals surface area contributed by atoms with Crippen molar-refractivity contribution in [3.63, 3.8) is 0 Å². The number of carbonyl (C=O) groups excluding carboxylic acids is 1. The smallest absolute Gasteiger partial charge is 0.221 e. The maximum Gasteiger partial charge on any atom is 0.221 e. The van der Waals surface area contributed by atoms with Gasteiger partial charge in [-0.25, -0.2) is 0 Å². The molecule has 1 aromatic rings. The van der Waals surface area contributed by atoms with Crippen molar-refractivity contribution < 1.29 is 28.4 Å². The standard InChI is InChI=1S/C9H12NO6P/c1-7(11)10-8-2-4-9(5-3-8)15-6-16-17(12,13)14/h2-5H,6H2,1H3,(H,10,11)(H2,12,13,14)/p-2. The lowest BCUT2D eigenvalue weighted by molar-refractivity contribution is -0.344. The molecule has 0 fully saturated rings. The number of hydrogen-bond donors (Lipinski definition) is 1. The Hall–Kier alpha value is -1.40. The molecule has 1 amide bonds. The number of ether oxygens (including phenoxy) is 1. The van der Waals surface area contributed by atoms with Crippen molar-refractivity contribution in [2.45, 2.75) is 6.92 Å². The number of amides is 1. The minimum atomic E-state index is -5.01. The van der Waals surface area contributed by atoms with Crippen LogP contribution in [0.25, 0.3) is 0 Å². The third-order valence-electron chi connectivity index (χ3n) is 1.61. The summed E-state index contributed by atoms with van der Waals surface area (Å²) in [5.41, 5.74) is 0.573. The fourth-order valence-electron chi connectivity index (χ4n) is 0.997. The Balaban J connectivity index is 2.46. The summed E-state index contributed by atoms with van der Waals surface area (Å²) in [6.07, 6.45) is 0. The lowest BCUT2D eigenvalue weighted by Gasteiger charge is -2.28. The monoisotopic (exact) mass is 259 g/mol. The predicted octanol–water partition coefficient (Wildman–Crippen LogP) is -0.173. The highest BCUT2D eigenvalue weighted by Crippen LogP contribution is 2.24. The van der Waals surface area contributed by atoms with E-state index in [1.54, 1.807) is 12.1 Å². The van der Waals surface area contributed by atoms with Crippen LogP contribution in [0.4, 0.5) is 5.69 Å². The van der Waals surface area contributed by atoms with Gasteiger partial charge in [-0.2, -0.15) is 0 Å². The number of rotatable bonds is 5. The molecule has 8 heteroatoms. The van der Waals surface area contributed by atoms with E-state index >= 15 is 0 Å². The zero-order valence-electron chi connectivity index (χ0n) is 8.91. The highest BCUT2D eigenvalue weighted by molar-refractivity contribution is 7.43. The maximum atomic E-state index is 10.7. The predicted molar refractivity (Wildman–Crippen MR) is 54.9 cm³/mol. The molecule has 1 N–H and O–H groups in total. The number of benzene rings is 1. The minimum absolute atomic E-state index is 0.208. The molecule has 0 spiro atoms. The van der Waals surface area contributed by atoms with E-state index in [0.29, 0.717) is 11.4 Å². The number of phosphoric acid groups is 1. The quantitative estimate of drug-likeness (QED) is 0.580. The van der Waals surface area contributed by atoms with Gasteiger partial charge in [0.15, 0.2) is 6.79 Å². The summed E-state index contributed by atoms with van der Waals surface area (Å²) >= 11 is 0. The summed E-state index contributed by atoms with van der Waals surface area (Å²) in [6.45, 7) is 0.696. The van der Waals surface area contributed by atoms with E-state index in [9.17, 15) is 19.1 Å². The average Bonchev–Trinajstić information content (AvgIpc) is 2.18. The topological polar surface area (TPSA) is 111 Å². The van der Waals surface area contributed by atoms with Crippen molar-refractivity contribution >= 4 is 19.4 Å². The molecule has 0 saturated heterocycles. The van der Waals surface area contributed by atoms with Gasteiger partial charge in [-0.1, -0.05) is 0 Å². The van der Waals surface area contributed by atoms with Crippen LogP contribution >= 0.6 is 7.82 Å². The SMILES string of the molecule is CC(=O)Nc1ccc(OCOP(=O)([O-])[O-])cc1. The van der Waals surface area contributed by atoms with Gasteiger partial charge in [-0.05, 0) is 24.3 Å². The molecule has 0 aliphatic rings. The summed E-state index contributed by atoms with van der Waals surface area (Å²) < 4.78 is 18.8. The number of carbonyl (C=O) groups is 1. The van der Waals surface area contributed by atoms with E-state index in [0.717, 1.165) is 0 Å². The Bertz CT molecular complexity index is 426. The molecule has 0 aliphatic heterocycles. The summed E-state index contributed by atoms with van der Waals surface area (Å²) in [7, 11) is -5.01. The molecule has 0 saturated carbocycles. The highest BCUT2D eigenvalue weighted by atomic mass is 31.2. The third-order valence-corrected chi connectivity index (χ3v) is 2.03. The first kappa shape index (κ1) is 13.7. The van der Waals surface area contributed by atoms with Gasteiger partial charge in [0.2, 0.25) is 5.91 Å². The van der Waals surface area contributed by atoms with Crippen LogP contribution in [-0.4, -0.2) is 12.7 Å². The van der Waals surface area contributed by atoms with Gasteiger partial charge >= 0.3 is 0 Å². The maximum absolute atomic E-state index is 10.7. The molecule has 0 radical (unpaired) electrons. The van der Waals surface area contributed by atoms with Crippen LogP contribution < -0.4 is 19.8 Å². The van der Waals surface area contributed by atoms with E-state index in [1.807, 2.05) is 0 Å². The lowest BCUT2D eigenvalue weighted by atomic mass is 10.3. The second kappa shape index (κ2) is 5.79. The summed E-state index contributed by atoms with van der Waals surface area (Å²) in [5, 5.41) is 2.54. The van der Waals surface area contributed by atoms with Crippen LogP contribution in [0.15, 0.2) is 24.3 Å². The number of nitrogens with one attached hydrogen (secondary N) is 1. The van der Waals surface area contributed by atoms with Crippen molar-refractivity contribution in [1.82, 2.24) is 0 Å². The second-order valence-electron chi connectivity index (χ2n) is 3.04. The van der Waals surface area contributed by atoms with Gasteiger partial charge in [0, 0.05) is 12.6 Å². The fourth-order valence-corrected chi connectivity index (χ4v) is 1.18. The van der Waals surface area contributed by atoms with Crippen molar-refractivity contribution in [3.8, 4) is 5.75 Å². The molecular weight excluding hydrogens is 249 g/mol. The zero-order chi connectivity index (χ0) is 12.9. The van der Waals surface area contributed by atoms with Crippen molar-refractivity contribution in [2.24, 2.45) is 0 Å². The average molecular weight is 259 g/mol. The van der Waals surface area contributed by atoms with E-state index in [2.05, 4.69) is 9.84 Å². The largest absolute Gasteiger partial charge is 0.790 e. The first-order chi connectivity index (χ1) is 7.87. The molecule has 0 unspecified atom stereocenters. The van der Waals surface area contributed by atoms with Crippen LogP contribution in [0.3, 0.4) is 0 Å². The lowest BCUT2D eigenvalue weighted by Crippen LogP contribution is -2.18. The molecule has 1 aromatic carbocycles. The van der Waals surface area contributed by atoms with E-state index in [-0.39, 0.29) is 5.91 Å². The van der Waals surface area contributed by atoms with Gasteiger partial charge in [0.25, 0.3) is 0 Å². The zero-order valence-corrected chi connectivity index (χ0v) is 9.81. The Kier molecular flexibility index (Phi) is 4.65. The summed E-state index contributed by atoms with van der Waals surface area (Å²) in [4.78, 5) is 31.0. The molecule has 7 nitrogen and oxygen atoms in total. The van der Waals surface area contributed by atoms with Gasteiger partial charge < -0.3 is 28.9 Å². The van der Waals surface area contributed by atoms with Crippen LogP contribution in [0.1, 0.15) is 6.92 Å². The Morgan fingerprint density at radius 1 is 1.35 bits per heavy atom. The van der Waals surface area contributed by atoms with Crippen LogP contribution in [0.5, 0.6) is 5.75 Å². The normalized spacial score (nSPS) is 11.0. The van der Waals surface area contributed by atoms with Crippen LogP contribution in [-0.2, 0) is 13.9 Å². The molecule has 1 rings (SSSR count). The number of hydrogen-bond acceptors (Lipinski definition) is 6. The summed E-state index contributed by atoms with van der Waals surface area (Å²) in [6, 6.07) is 6.11. The van der Waals surface area contributed by atoms with Crippen molar-refractivity contribution in [1.29, 1.82) is 0 Å². The van der Waals surface area contributed by atoms with E-state index < -0.39 is 14.6 Å². The summed E-state index contributed by atoms with van der Waals surface area (Å²) in [5.74, 6) is 0.105. The van der Waals surface area contributed by atoms with E-state index in [1.165, 1.54) is 19.1 Å². The molecule has 0 heterocycles. The Morgan fingerprint density at radius 3 is 2.41 bits per heavy atom. The molecule has 0 aromatic heterocycles. The van der Waals surface area contributed by atoms with Gasteiger partial charge in [0.1, 0.15) is 5.75 Å². The van der Waals surface area contributed by atoms with Crippen molar-refractivity contribution in [3.05, 3.63) is 24.3 Å². The molecular formula is C9H10NO6P-2. The number of anilines is 1. The van der Waals surface area contributed by atoms with Gasteiger partial charge in [-0.3, -0.25) is 4.79 Å². The third kappa shape index (κ3) is 6.03. The number of phosphoric ester groups is 1. The van der Waals surface area contributed by atoms with Gasteiger partial charge in [0.05, 0.1) is 7.82 Å². The molecule has 0 bridgehead atoms. The van der Waals surface area contributed by atoms with Crippen LogP contribution in [0.2, 0.25) is 0 Å². The highest BCUT2D eigenvalue weighted by Gasteiger charge is 1.98. The Labute approximate surface area is 97.6 Å². The molecule has 94 valence electrons. The minimum Gasteiger partial charge on any atom is -0.790 e. The molecule has 0 atom stereocenters. The second-order valence-corrected chi connectivity index (χ2v) is 4.20. The fraction of sp³-hybridized carbons (Fsp3) is 0.222. The van der Waals surface area contributed by atoms with Gasteiger partial charge in [-0.15, -0.1) is 0 Å². The molecule has 17 heavy (non-hydrogen) atoms. The van der Waals surface area contributed by atoms with Crippen LogP contribution in [0, 0.1) is 0 Å². The first-order valence-electron chi connectivity index (χ1n) is 4.54. The molecule has 0 aliphatic carbocycles. The van der Waals surface area contributed by atoms with Crippen molar-refractivity contribution in [2.75, 3.05) is 12.1 Å². The first-order valence-corrected chi connectivity index (χ1v) is 6.00. The Morgan fingerprint density at radius 2 is 1.94 bits per heavy atom.